The summed E-state index contributed by atoms with van der Waals surface area (Å²) in [6, 6.07) is 7.73. The molecule has 0 atom stereocenters. The lowest BCUT2D eigenvalue weighted by molar-refractivity contribution is 0.242. The molecule has 1 aliphatic rings. The highest BCUT2D eigenvalue weighted by Crippen LogP contribution is 2.31. The van der Waals surface area contributed by atoms with Gasteiger partial charge in [0.15, 0.2) is 0 Å². The van der Waals surface area contributed by atoms with E-state index in [1.54, 1.807) is 6.07 Å². The summed E-state index contributed by atoms with van der Waals surface area (Å²) in [4.78, 5) is 0. The van der Waals surface area contributed by atoms with Crippen LogP contribution >= 0.6 is 23.7 Å². The van der Waals surface area contributed by atoms with Gasteiger partial charge in [-0.05, 0) is 57.5 Å². The number of fused-ring (bicyclic) bond motifs is 1. The molecule has 0 saturated carbocycles. The van der Waals surface area contributed by atoms with Gasteiger partial charge in [-0.1, -0.05) is 11.3 Å². The lowest BCUT2D eigenvalue weighted by atomic mass is 10.1. The minimum absolute atomic E-state index is 0. The van der Waals surface area contributed by atoms with Gasteiger partial charge >= 0.3 is 0 Å². The Hall–Kier alpha value is -2.47. The first-order valence-electron chi connectivity index (χ1n) is 8.90. The number of aromatic nitrogens is 4. The van der Waals surface area contributed by atoms with Crippen LogP contribution in [0.2, 0.25) is 0 Å². The van der Waals surface area contributed by atoms with E-state index < -0.39 is 0 Å². The van der Waals surface area contributed by atoms with E-state index in [9.17, 15) is 5.26 Å². The summed E-state index contributed by atoms with van der Waals surface area (Å²) in [6.45, 7) is 7.71. The Bertz CT molecular complexity index is 1040. The van der Waals surface area contributed by atoms with E-state index in [4.69, 9.17) is 9.84 Å². The standard InChI is InChI=1S/C19H20N6OS.ClH/c1-11(2)26-17-5-4-13(8-14(17)9-20)18-22-23-19(27-18)25-12(3)15-6-7-21-10-16(15)24-25;/h4-5,8,11,21H,6-7,10H2,1-3H3;1H. The summed E-state index contributed by atoms with van der Waals surface area (Å²) in [5.41, 5.74) is 4.84. The van der Waals surface area contributed by atoms with Gasteiger partial charge in [0.05, 0.1) is 17.4 Å². The summed E-state index contributed by atoms with van der Waals surface area (Å²) < 4.78 is 7.56. The second-order valence-corrected chi connectivity index (χ2v) is 7.68. The molecule has 1 N–H and O–H groups in total. The Kier molecular flexibility index (Phi) is 5.98. The van der Waals surface area contributed by atoms with E-state index in [2.05, 4.69) is 28.5 Å². The number of ether oxygens (including phenoxy) is 1. The maximum Gasteiger partial charge on any atom is 0.233 e. The van der Waals surface area contributed by atoms with E-state index in [0.29, 0.717) is 11.3 Å². The van der Waals surface area contributed by atoms with Crippen molar-refractivity contribution in [1.29, 1.82) is 5.26 Å². The third-order valence-corrected chi connectivity index (χ3v) is 5.42. The smallest absolute Gasteiger partial charge is 0.233 e. The first kappa shape index (κ1) is 20.3. The lowest BCUT2D eigenvalue weighted by Gasteiger charge is -2.11. The van der Waals surface area contributed by atoms with Gasteiger partial charge in [-0.15, -0.1) is 22.6 Å². The van der Waals surface area contributed by atoms with Gasteiger partial charge in [-0.2, -0.15) is 10.4 Å². The zero-order chi connectivity index (χ0) is 19.0. The molecule has 28 heavy (non-hydrogen) atoms. The summed E-state index contributed by atoms with van der Waals surface area (Å²) in [7, 11) is 0. The molecule has 9 heteroatoms. The summed E-state index contributed by atoms with van der Waals surface area (Å²) in [6.07, 6.45) is 0.995. The van der Waals surface area contributed by atoms with Gasteiger partial charge in [0.1, 0.15) is 16.8 Å². The van der Waals surface area contributed by atoms with Crippen molar-refractivity contribution in [3.63, 3.8) is 0 Å². The quantitative estimate of drug-likeness (QED) is 0.700. The minimum Gasteiger partial charge on any atom is -0.490 e. The van der Waals surface area contributed by atoms with Crippen molar-refractivity contribution in [2.75, 3.05) is 6.54 Å². The van der Waals surface area contributed by atoms with Crippen LogP contribution in [0.5, 0.6) is 5.75 Å². The van der Waals surface area contributed by atoms with Crippen molar-refractivity contribution in [1.82, 2.24) is 25.3 Å². The topological polar surface area (TPSA) is 88.7 Å². The molecule has 3 heterocycles. The van der Waals surface area contributed by atoms with Crippen molar-refractivity contribution >= 4 is 23.7 Å². The van der Waals surface area contributed by atoms with E-state index in [0.717, 1.165) is 46.6 Å². The Balaban J connectivity index is 0.00000225. The third-order valence-electron chi connectivity index (χ3n) is 4.47. The third kappa shape index (κ3) is 3.74. The van der Waals surface area contributed by atoms with Crippen LogP contribution in [-0.2, 0) is 13.0 Å². The largest absolute Gasteiger partial charge is 0.490 e. The maximum atomic E-state index is 9.43. The Morgan fingerprint density at radius 3 is 2.86 bits per heavy atom. The van der Waals surface area contributed by atoms with Crippen molar-refractivity contribution in [3.05, 3.63) is 40.7 Å². The van der Waals surface area contributed by atoms with E-state index in [1.165, 1.54) is 16.9 Å². The zero-order valence-electron chi connectivity index (χ0n) is 15.9. The Morgan fingerprint density at radius 1 is 1.32 bits per heavy atom. The minimum atomic E-state index is 0. The van der Waals surface area contributed by atoms with Crippen LogP contribution in [0.4, 0.5) is 0 Å². The highest BCUT2D eigenvalue weighted by molar-refractivity contribution is 7.17. The van der Waals surface area contributed by atoms with Crippen LogP contribution in [0.15, 0.2) is 18.2 Å². The van der Waals surface area contributed by atoms with Gasteiger partial charge in [0.25, 0.3) is 0 Å². The molecule has 0 aliphatic carbocycles. The normalized spacial score (nSPS) is 13.0. The fraction of sp³-hybridized carbons (Fsp3) is 0.368. The molecule has 2 aromatic heterocycles. The Labute approximate surface area is 173 Å². The van der Waals surface area contributed by atoms with Crippen molar-refractivity contribution in [2.45, 2.75) is 39.8 Å². The van der Waals surface area contributed by atoms with Crippen LogP contribution in [0.1, 0.15) is 36.4 Å². The van der Waals surface area contributed by atoms with Gasteiger partial charge in [-0.25, -0.2) is 4.68 Å². The molecular weight excluding hydrogens is 396 g/mol. The Morgan fingerprint density at radius 2 is 2.14 bits per heavy atom. The lowest BCUT2D eigenvalue weighted by Crippen LogP contribution is -2.23. The van der Waals surface area contributed by atoms with E-state index in [-0.39, 0.29) is 18.5 Å². The van der Waals surface area contributed by atoms with Crippen LogP contribution in [0.3, 0.4) is 0 Å². The highest BCUT2D eigenvalue weighted by atomic mass is 35.5. The van der Waals surface area contributed by atoms with Crippen LogP contribution < -0.4 is 10.1 Å². The number of hydrogen-bond donors (Lipinski definition) is 1. The molecule has 146 valence electrons. The molecule has 7 nitrogen and oxygen atoms in total. The first-order chi connectivity index (χ1) is 13.1. The monoisotopic (exact) mass is 416 g/mol. The summed E-state index contributed by atoms with van der Waals surface area (Å²) >= 11 is 1.46. The van der Waals surface area contributed by atoms with Gasteiger partial charge in [-0.3, -0.25) is 0 Å². The number of nitriles is 1. The number of nitrogens with zero attached hydrogens (tertiary/aromatic N) is 5. The zero-order valence-corrected chi connectivity index (χ0v) is 17.5. The van der Waals surface area contributed by atoms with Crippen LogP contribution in [-0.4, -0.2) is 32.6 Å². The molecule has 0 fully saturated rings. The summed E-state index contributed by atoms with van der Waals surface area (Å²) in [5.74, 6) is 0.587. The second kappa shape index (κ2) is 8.27. The molecule has 0 radical (unpaired) electrons. The molecule has 0 bridgehead atoms. The molecular formula is C19H21ClN6OS. The molecule has 0 saturated heterocycles. The number of hydrogen-bond acceptors (Lipinski definition) is 7. The van der Waals surface area contributed by atoms with Crippen LogP contribution in [0.25, 0.3) is 15.7 Å². The number of benzene rings is 1. The molecule has 0 unspecified atom stereocenters. The van der Waals surface area contributed by atoms with Crippen molar-refractivity contribution < 1.29 is 4.74 Å². The predicted molar refractivity (Wildman–Crippen MR) is 110 cm³/mol. The van der Waals surface area contributed by atoms with E-state index >= 15 is 0 Å². The SMILES string of the molecule is Cc1c2c(nn1-c1nnc(-c3ccc(OC(C)C)c(C#N)c3)s1)CNCC2.Cl. The fourth-order valence-electron chi connectivity index (χ4n) is 3.19. The van der Waals surface area contributed by atoms with Crippen LogP contribution in [0, 0.1) is 18.3 Å². The molecule has 0 spiro atoms. The molecule has 4 rings (SSSR count). The predicted octanol–water partition coefficient (Wildman–Crippen LogP) is 3.43. The second-order valence-electron chi connectivity index (χ2n) is 6.73. The molecule has 0 amide bonds. The highest BCUT2D eigenvalue weighted by Gasteiger charge is 2.20. The van der Waals surface area contributed by atoms with Gasteiger partial charge in [0, 0.05) is 17.8 Å². The van der Waals surface area contributed by atoms with E-state index in [1.807, 2.05) is 30.7 Å². The molecule has 3 aromatic rings. The average molecular weight is 417 g/mol. The van der Waals surface area contributed by atoms with Gasteiger partial charge in [0.2, 0.25) is 5.13 Å². The van der Waals surface area contributed by atoms with Crippen molar-refractivity contribution in [2.24, 2.45) is 0 Å². The number of halogens is 1. The van der Waals surface area contributed by atoms with Crippen molar-refractivity contribution in [3.8, 4) is 27.5 Å². The first-order valence-corrected chi connectivity index (χ1v) is 9.71. The van der Waals surface area contributed by atoms with Gasteiger partial charge < -0.3 is 10.1 Å². The number of rotatable bonds is 4. The summed E-state index contributed by atoms with van der Waals surface area (Å²) in [5, 5.41) is 27.6. The molecule has 1 aliphatic heterocycles. The maximum absolute atomic E-state index is 9.43. The average Bonchev–Trinajstić information content (AvgIpc) is 3.27. The molecule has 1 aromatic carbocycles. The number of nitrogens with one attached hydrogen (secondary N) is 1. The fourth-order valence-corrected chi connectivity index (χ4v) is 4.04.